The third-order valence-corrected chi connectivity index (χ3v) is 2.81. The highest BCUT2D eigenvalue weighted by molar-refractivity contribution is 6.36. The van der Waals surface area contributed by atoms with E-state index < -0.39 is 5.97 Å². The number of carbonyl (C=O) groups is 1. The van der Waals surface area contributed by atoms with Gasteiger partial charge in [-0.2, -0.15) is 5.10 Å². The molecule has 6 nitrogen and oxygen atoms in total. The summed E-state index contributed by atoms with van der Waals surface area (Å²) >= 11 is 5.92. The highest BCUT2D eigenvalue weighted by atomic mass is 35.5. The number of hydrogen-bond donors (Lipinski definition) is 1. The number of carbonyl (C=O) groups excluding carboxylic acids is 1. The Morgan fingerprint density at radius 1 is 1.56 bits per heavy atom. The van der Waals surface area contributed by atoms with Crippen LogP contribution in [0.2, 0.25) is 5.02 Å². The van der Waals surface area contributed by atoms with Crippen LogP contribution in [0.15, 0.2) is 24.5 Å². The normalized spacial score (nSPS) is 10.3. The van der Waals surface area contributed by atoms with Crippen LogP contribution in [0, 0.1) is 0 Å². The van der Waals surface area contributed by atoms with Crippen molar-refractivity contribution in [2.45, 2.75) is 6.61 Å². The van der Waals surface area contributed by atoms with Crippen molar-refractivity contribution < 1.29 is 9.53 Å². The topological polar surface area (TPSA) is 83.0 Å². The van der Waals surface area contributed by atoms with Gasteiger partial charge in [0.25, 0.3) is 0 Å². The molecular formula is C11H11ClN4O2. The molecule has 0 saturated carbocycles. The maximum Gasteiger partial charge on any atom is 0.340 e. The molecule has 0 fully saturated rings. The highest BCUT2D eigenvalue weighted by Crippen LogP contribution is 2.23. The van der Waals surface area contributed by atoms with E-state index in [1.807, 2.05) is 0 Å². The van der Waals surface area contributed by atoms with Crippen LogP contribution in [0.4, 0.5) is 5.69 Å². The van der Waals surface area contributed by atoms with Gasteiger partial charge in [0, 0.05) is 7.05 Å². The largest absolute Gasteiger partial charge is 0.454 e. The average molecular weight is 267 g/mol. The Bertz CT molecular complexity index is 582. The summed E-state index contributed by atoms with van der Waals surface area (Å²) in [5.74, 6) is -0.00123. The van der Waals surface area contributed by atoms with E-state index in [1.54, 1.807) is 25.2 Å². The summed E-state index contributed by atoms with van der Waals surface area (Å²) in [6, 6.07) is 4.81. The van der Waals surface area contributed by atoms with E-state index in [9.17, 15) is 4.79 Å². The predicted molar refractivity (Wildman–Crippen MR) is 66.0 cm³/mol. The second kappa shape index (κ2) is 5.05. The quantitative estimate of drug-likeness (QED) is 0.671. The van der Waals surface area contributed by atoms with E-state index >= 15 is 0 Å². The summed E-state index contributed by atoms with van der Waals surface area (Å²) in [5, 5.41) is 4.06. The molecule has 94 valence electrons. The molecule has 0 aliphatic carbocycles. The Balaban J connectivity index is 2.09. The van der Waals surface area contributed by atoms with Crippen LogP contribution >= 0.6 is 11.6 Å². The number of nitrogen functional groups attached to an aromatic ring is 1. The molecule has 0 amide bonds. The SMILES string of the molecule is Cn1ncnc1COC(=O)c1cccc(N)c1Cl. The van der Waals surface area contributed by atoms with Crippen molar-refractivity contribution in [3.63, 3.8) is 0 Å². The van der Waals surface area contributed by atoms with Crippen LogP contribution in [-0.4, -0.2) is 20.7 Å². The zero-order valence-electron chi connectivity index (χ0n) is 9.63. The molecule has 0 bridgehead atoms. The molecule has 1 aromatic heterocycles. The molecule has 0 unspecified atom stereocenters. The predicted octanol–water partition coefficient (Wildman–Crippen LogP) is 1.41. The number of anilines is 1. The third kappa shape index (κ3) is 2.43. The first-order valence-corrected chi connectivity index (χ1v) is 5.51. The second-order valence-corrected chi connectivity index (χ2v) is 3.96. The molecular weight excluding hydrogens is 256 g/mol. The summed E-state index contributed by atoms with van der Waals surface area (Å²) in [6.07, 6.45) is 1.39. The standard InChI is InChI=1S/C11H11ClN4O2/c1-16-9(14-6-15-16)5-18-11(17)7-3-2-4-8(13)10(7)12/h2-4,6H,5,13H2,1H3. The molecule has 1 heterocycles. The van der Waals surface area contributed by atoms with Gasteiger partial charge in [0.05, 0.1) is 16.3 Å². The number of benzene rings is 1. The first kappa shape index (κ1) is 12.4. The maximum atomic E-state index is 11.8. The summed E-state index contributed by atoms with van der Waals surface area (Å²) < 4.78 is 6.61. The first-order chi connectivity index (χ1) is 8.59. The van der Waals surface area contributed by atoms with E-state index in [1.165, 1.54) is 11.0 Å². The highest BCUT2D eigenvalue weighted by Gasteiger charge is 2.14. The minimum absolute atomic E-state index is 0.0282. The Kier molecular flexibility index (Phi) is 3.47. The number of esters is 1. The Hall–Kier alpha value is -2.08. The fourth-order valence-electron chi connectivity index (χ4n) is 1.37. The van der Waals surface area contributed by atoms with E-state index in [0.717, 1.165) is 0 Å². The van der Waals surface area contributed by atoms with Crippen molar-refractivity contribution in [3.8, 4) is 0 Å². The van der Waals surface area contributed by atoms with Crippen LogP contribution in [0.3, 0.4) is 0 Å². The molecule has 0 atom stereocenters. The van der Waals surface area contributed by atoms with Gasteiger partial charge in [-0.25, -0.2) is 9.78 Å². The molecule has 0 radical (unpaired) electrons. The van der Waals surface area contributed by atoms with Gasteiger partial charge in [-0.1, -0.05) is 17.7 Å². The van der Waals surface area contributed by atoms with Crippen LogP contribution in [0.5, 0.6) is 0 Å². The molecule has 1 aromatic carbocycles. The summed E-state index contributed by atoms with van der Waals surface area (Å²) in [6.45, 7) is 0.0282. The van der Waals surface area contributed by atoms with Gasteiger partial charge in [0.2, 0.25) is 0 Å². The molecule has 0 saturated heterocycles. The number of nitrogens with zero attached hydrogens (tertiary/aromatic N) is 3. The van der Waals surface area contributed by atoms with Crippen LogP contribution in [-0.2, 0) is 18.4 Å². The minimum atomic E-state index is -0.546. The van der Waals surface area contributed by atoms with Gasteiger partial charge >= 0.3 is 5.97 Å². The fraction of sp³-hybridized carbons (Fsp3) is 0.182. The van der Waals surface area contributed by atoms with E-state index in [4.69, 9.17) is 22.1 Å². The first-order valence-electron chi connectivity index (χ1n) is 5.13. The third-order valence-electron chi connectivity index (χ3n) is 2.39. The van der Waals surface area contributed by atoms with Gasteiger partial charge in [-0.3, -0.25) is 4.68 Å². The molecule has 0 aliphatic rings. The van der Waals surface area contributed by atoms with Gasteiger partial charge in [-0.05, 0) is 12.1 Å². The minimum Gasteiger partial charge on any atom is -0.454 e. The van der Waals surface area contributed by atoms with E-state index in [0.29, 0.717) is 11.5 Å². The number of halogens is 1. The lowest BCUT2D eigenvalue weighted by molar-refractivity contribution is 0.0458. The zero-order chi connectivity index (χ0) is 13.1. The molecule has 18 heavy (non-hydrogen) atoms. The summed E-state index contributed by atoms with van der Waals surface area (Å²) in [7, 11) is 1.71. The molecule has 0 aliphatic heterocycles. The van der Waals surface area contributed by atoms with Gasteiger partial charge in [-0.15, -0.1) is 0 Å². The van der Waals surface area contributed by atoms with E-state index in [2.05, 4.69) is 10.1 Å². The van der Waals surface area contributed by atoms with Crippen molar-refractivity contribution in [1.82, 2.24) is 14.8 Å². The monoisotopic (exact) mass is 266 g/mol. The van der Waals surface area contributed by atoms with Crippen LogP contribution in [0.1, 0.15) is 16.2 Å². The van der Waals surface area contributed by atoms with Crippen molar-refractivity contribution >= 4 is 23.3 Å². The van der Waals surface area contributed by atoms with Gasteiger partial charge in [0.1, 0.15) is 6.33 Å². The second-order valence-electron chi connectivity index (χ2n) is 3.58. The van der Waals surface area contributed by atoms with Gasteiger partial charge < -0.3 is 10.5 Å². The average Bonchev–Trinajstić information content (AvgIpc) is 2.75. The Labute approximate surface area is 108 Å². The number of aromatic nitrogens is 3. The molecule has 7 heteroatoms. The lowest BCUT2D eigenvalue weighted by atomic mass is 10.2. The number of nitrogens with two attached hydrogens (primary N) is 1. The maximum absolute atomic E-state index is 11.8. The van der Waals surface area contributed by atoms with Crippen LogP contribution < -0.4 is 5.73 Å². The molecule has 2 rings (SSSR count). The van der Waals surface area contributed by atoms with E-state index in [-0.39, 0.29) is 17.2 Å². The van der Waals surface area contributed by atoms with Crippen molar-refractivity contribution in [2.75, 3.05) is 5.73 Å². The fourth-order valence-corrected chi connectivity index (χ4v) is 1.57. The number of hydrogen-bond acceptors (Lipinski definition) is 5. The summed E-state index contributed by atoms with van der Waals surface area (Å²) in [4.78, 5) is 15.7. The smallest absolute Gasteiger partial charge is 0.340 e. The molecule has 2 aromatic rings. The van der Waals surface area contributed by atoms with Crippen molar-refractivity contribution in [3.05, 3.63) is 40.9 Å². The number of ether oxygens (including phenoxy) is 1. The lowest BCUT2D eigenvalue weighted by Gasteiger charge is -2.07. The molecule has 2 N–H and O–H groups in total. The van der Waals surface area contributed by atoms with Crippen LogP contribution in [0.25, 0.3) is 0 Å². The number of aryl methyl sites for hydroxylation is 1. The Morgan fingerprint density at radius 2 is 2.33 bits per heavy atom. The number of rotatable bonds is 3. The zero-order valence-corrected chi connectivity index (χ0v) is 10.4. The van der Waals surface area contributed by atoms with Crippen molar-refractivity contribution in [2.24, 2.45) is 7.05 Å². The summed E-state index contributed by atoms with van der Waals surface area (Å²) in [5.41, 5.74) is 6.18. The molecule has 0 spiro atoms. The van der Waals surface area contributed by atoms with Gasteiger partial charge in [0.15, 0.2) is 12.4 Å². The van der Waals surface area contributed by atoms with Crippen molar-refractivity contribution in [1.29, 1.82) is 0 Å². The lowest BCUT2D eigenvalue weighted by Crippen LogP contribution is -2.10. The Morgan fingerprint density at radius 3 is 3.00 bits per heavy atom.